The van der Waals surface area contributed by atoms with Gasteiger partial charge in [0.1, 0.15) is 0 Å². The molecule has 3 nitrogen and oxygen atoms in total. The van der Waals surface area contributed by atoms with Gasteiger partial charge in [-0.2, -0.15) is 0 Å². The second-order valence-corrected chi connectivity index (χ2v) is 5.68. The van der Waals surface area contributed by atoms with Crippen LogP contribution in [-0.2, 0) is 16.1 Å². The Kier molecular flexibility index (Phi) is 5.60. The van der Waals surface area contributed by atoms with E-state index in [2.05, 4.69) is 36.5 Å². The van der Waals surface area contributed by atoms with Crippen LogP contribution in [0, 0.1) is 12.8 Å². The van der Waals surface area contributed by atoms with Gasteiger partial charge in [0, 0.05) is 12.6 Å². The van der Waals surface area contributed by atoms with Crippen LogP contribution in [0.25, 0.3) is 0 Å². The second kappa shape index (κ2) is 7.44. The van der Waals surface area contributed by atoms with Crippen molar-refractivity contribution >= 4 is 5.97 Å². The zero-order valence-corrected chi connectivity index (χ0v) is 12.5. The standard InChI is InChI=1S/C17H25NO2/c1-3-20-17(19)15-8-5-9-16(11-15)18-12-14-7-4-6-13(2)10-14/h4,6-7,10,15-16,18H,3,5,8-9,11-12H2,1-2H3. The lowest BCUT2D eigenvalue weighted by Crippen LogP contribution is -2.36. The summed E-state index contributed by atoms with van der Waals surface area (Å²) < 4.78 is 5.14. The molecule has 0 bridgehead atoms. The lowest BCUT2D eigenvalue weighted by Gasteiger charge is -2.28. The van der Waals surface area contributed by atoms with Crippen LogP contribution in [0.4, 0.5) is 0 Å². The molecule has 1 aromatic carbocycles. The number of ether oxygens (including phenoxy) is 1. The van der Waals surface area contributed by atoms with Gasteiger partial charge in [-0.3, -0.25) is 4.79 Å². The summed E-state index contributed by atoms with van der Waals surface area (Å²) in [5.41, 5.74) is 2.60. The number of esters is 1. The van der Waals surface area contributed by atoms with Crippen LogP contribution in [0.3, 0.4) is 0 Å². The molecule has 1 aliphatic rings. The Bertz CT molecular complexity index is 444. The summed E-state index contributed by atoms with van der Waals surface area (Å²) in [7, 11) is 0. The first-order valence-corrected chi connectivity index (χ1v) is 7.64. The van der Waals surface area contributed by atoms with E-state index in [0.717, 1.165) is 32.2 Å². The number of nitrogens with one attached hydrogen (secondary N) is 1. The highest BCUT2D eigenvalue weighted by Gasteiger charge is 2.27. The summed E-state index contributed by atoms with van der Waals surface area (Å²) in [4.78, 5) is 11.8. The molecule has 2 rings (SSSR count). The maximum atomic E-state index is 11.8. The molecule has 0 aromatic heterocycles. The molecule has 1 aliphatic carbocycles. The van der Waals surface area contributed by atoms with Crippen LogP contribution < -0.4 is 5.32 Å². The van der Waals surface area contributed by atoms with E-state index in [1.54, 1.807) is 0 Å². The molecule has 2 unspecified atom stereocenters. The maximum Gasteiger partial charge on any atom is 0.308 e. The third-order valence-corrected chi connectivity index (χ3v) is 3.97. The Morgan fingerprint density at radius 3 is 3.00 bits per heavy atom. The summed E-state index contributed by atoms with van der Waals surface area (Å²) in [5, 5.41) is 3.58. The normalized spacial score (nSPS) is 22.5. The number of hydrogen-bond acceptors (Lipinski definition) is 3. The minimum atomic E-state index is -0.0189. The number of rotatable bonds is 5. The Morgan fingerprint density at radius 1 is 1.40 bits per heavy atom. The summed E-state index contributed by atoms with van der Waals surface area (Å²) in [6, 6.07) is 8.98. The number of carbonyl (C=O) groups excluding carboxylic acids is 1. The quantitative estimate of drug-likeness (QED) is 0.839. The molecule has 0 amide bonds. The van der Waals surface area contributed by atoms with Crippen LogP contribution in [-0.4, -0.2) is 18.6 Å². The van der Waals surface area contributed by atoms with Crippen LogP contribution in [0.1, 0.15) is 43.7 Å². The monoisotopic (exact) mass is 275 g/mol. The number of hydrogen-bond donors (Lipinski definition) is 1. The Labute approximate surface area is 121 Å². The summed E-state index contributed by atoms with van der Waals surface area (Å²) >= 11 is 0. The fourth-order valence-electron chi connectivity index (χ4n) is 2.93. The lowest BCUT2D eigenvalue weighted by atomic mass is 9.85. The Hall–Kier alpha value is -1.35. The summed E-state index contributed by atoms with van der Waals surface area (Å²) in [5.74, 6) is 0.0632. The highest BCUT2D eigenvalue weighted by Crippen LogP contribution is 2.25. The molecule has 3 heteroatoms. The van der Waals surface area contributed by atoms with Crippen molar-refractivity contribution in [3.05, 3.63) is 35.4 Å². The van der Waals surface area contributed by atoms with E-state index < -0.39 is 0 Å². The Balaban J connectivity index is 1.82. The maximum absolute atomic E-state index is 11.8. The highest BCUT2D eigenvalue weighted by molar-refractivity contribution is 5.72. The van der Waals surface area contributed by atoms with Gasteiger partial charge in [-0.25, -0.2) is 0 Å². The number of aryl methyl sites for hydroxylation is 1. The van der Waals surface area contributed by atoms with Crippen molar-refractivity contribution in [3.63, 3.8) is 0 Å². The van der Waals surface area contributed by atoms with Crippen molar-refractivity contribution in [2.75, 3.05) is 6.61 Å². The van der Waals surface area contributed by atoms with Crippen LogP contribution >= 0.6 is 0 Å². The molecule has 0 aliphatic heterocycles. The molecule has 0 spiro atoms. The van der Waals surface area contributed by atoms with Crippen molar-refractivity contribution in [1.82, 2.24) is 5.32 Å². The zero-order valence-electron chi connectivity index (χ0n) is 12.5. The van der Waals surface area contributed by atoms with E-state index >= 15 is 0 Å². The molecule has 20 heavy (non-hydrogen) atoms. The van der Waals surface area contributed by atoms with Gasteiger partial charge >= 0.3 is 5.97 Å². The van der Waals surface area contributed by atoms with Gasteiger partial charge in [-0.1, -0.05) is 36.2 Å². The smallest absolute Gasteiger partial charge is 0.308 e. The summed E-state index contributed by atoms with van der Waals surface area (Å²) in [6.07, 6.45) is 4.14. The predicted molar refractivity (Wildman–Crippen MR) is 80.4 cm³/mol. The predicted octanol–water partition coefficient (Wildman–Crippen LogP) is 3.21. The lowest BCUT2D eigenvalue weighted by molar-refractivity contribution is -0.149. The third-order valence-electron chi connectivity index (χ3n) is 3.97. The average molecular weight is 275 g/mol. The van der Waals surface area contributed by atoms with Crippen molar-refractivity contribution in [3.8, 4) is 0 Å². The van der Waals surface area contributed by atoms with Gasteiger partial charge in [-0.05, 0) is 38.7 Å². The van der Waals surface area contributed by atoms with E-state index in [1.165, 1.54) is 11.1 Å². The van der Waals surface area contributed by atoms with E-state index in [-0.39, 0.29) is 11.9 Å². The molecule has 0 radical (unpaired) electrons. The fraction of sp³-hybridized carbons (Fsp3) is 0.588. The average Bonchev–Trinajstić information content (AvgIpc) is 2.46. The van der Waals surface area contributed by atoms with Crippen LogP contribution in [0.15, 0.2) is 24.3 Å². The largest absolute Gasteiger partial charge is 0.466 e. The van der Waals surface area contributed by atoms with Gasteiger partial charge in [0.15, 0.2) is 0 Å². The van der Waals surface area contributed by atoms with Crippen LogP contribution in [0.5, 0.6) is 0 Å². The molecule has 0 heterocycles. The van der Waals surface area contributed by atoms with E-state index in [0.29, 0.717) is 12.6 Å². The first-order valence-electron chi connectivity index (χ1n) is 7.64. The third kappa shape index (κ3) is 4.34. The molecular weight excluding hydrogens is 250 g/mol. The van der Waals surface area contributed by atoms with Crippen molar-refractivity contribution in [2.45, 2.75) is 52.1 Å². The molecule has 110 valence electrons. The number of carbonyl (C=O) groups is 1. The summed E-state index contributed by atoms with van der Waals surface area (Å²) in [6.45, 7) is 5.34. The SMILES string of the molecule is CCOC(=O)C1CCCC(NCc2cccc(C)c2)C1. The van der Waals surface area contributed by atoms with Gasteiger partial charge < -0.3 is 10.1 Å². The number of benzene rings is 1. The molecular formula is C17H25NO2. The first kappa shape index (κ1) is 15.0. The molecule has 1 fully saturated rings. The van der Waals surface area contributed by atoms with E-state index in [4.69, 9.17) is 4.74 Å². The van der Waals surface area contributed by atoms with Gasteiger partial charge in [0.05, 0.1) is 12.5 Å². The fourth-order valence-corrected chi connectivity index (χ4v) is 2.93. The molecule has 2 atom stereocenters. The first-order chi connectivity index (χ1) is 9.69. The van der Waals surface area contributed by atoms with E-state index in [9.17, 15) is 4.79 Å². The molecule has 1 N–H and O–H groups in total. The van der Waals surface area contributed by atoms with Crippen molar-refractivity contribution < 1.29 is 9.53 Å². The second-order valence-electron chi connectivity index (χ2n) is 5.68. The topological polar surface area (TPSA) is 38.3 Å². The van der Waals surface area contributed by atoms with Crippen molar-refractivity contribution in [1.29, 1.82) is 0 Å². The molecule has 1 aromatic rings. The van der Waals surface area contributed by atoms with Crippen molar-refractivity contribution in [2.24, 2.45) is 5.92 Å². The minimum absolute atomic E-state index is 0.0189. The van der Waals surface area contributed by atoms with Gasteiger partial charge in [-0.15, -0.1) is 0 Å². The molecule has 0 saturated heterocycles. The van der Waals surface area contributed by atoms with Crippen LogP contribution in [0.2, 0.25) is 0 Å². The minimum Gasteiger partial charge on any atom is -0.466 e. The molecule has 1 saturated carbocycles. The highest BCUT2D eigenvalue weighted by atomic mass is 16.5. The van der Waals surface area contributed by atoms with E-state index in [1.807, 2.05) is 6.92 Å². The van der Waals surface area contributed by atoms with Gasteiger partial charge in [0.25, 0.3) is 0 Å². The Morgan fingerprint density at radius 2 is 2.25 bits per heavy atom. The zero-order chi connectivity index (χ0) is 14.4. The van der Waals surface area contributed by atoms with Gasteiger partial charge in [0.2, 0.25) is 0 Å².